The third-order valence-electron chi connectivity index (χ3n) is 3.28. The van der Waals surface area contributed by atoms with Crippen molar-refractivity contribution in [1.82, 2.24) is 0 Å². The van der Waals surface area contributed by atoms with Gasteiger partial charge < -0.3 is 5.11 Å². The van der Waals surface area contributed by atoms with Gasteiger partial charge in [-0.1, -0.05) is 53.4 Å². The summed E-state index contributed by atoms with van der Waals surface area (Å²) in [5, 5.41) is 10.1. The fourth-order valence-electron chi connectivity index (χ4n) is 2.43. The van der Waals surface area contributed by atoms with Crippen LogP contribution in [0.3, 0.4) is 0 Å². The third-order valence-corrected chi connectivity index (χ3v) is 4.01. The van der Waals surface area contributed by atoms with Crippen molar-refractivity contribution in [2.24, 2.45) is 0 Å². The average Bonchev–Trinajstić information content (AvgIpc) is 2.44. The summed E-state index contributed by atoms with van der Waals surface area (Å²) in [5.41, 5.74) is 1.27. The van der Waals surface area contributed by atoms with E-state index in [0.29, 0.717) is 5.92 Å². The Morgan fingerprint density at radius 1 is 1.07 bits per heavy atom. The van der Waals surface area contributed by atoms with E-state index in [9.17, 15) is 5.11 Å². The number of benzene rings is 1. The molecule has 0 bridgehead atoms. The Morgan fingerprint density at radius 3 is 2.60 bits per heavy atom. The zero-order valence-electron chi connectivity index (χ0n) is 8.82. The van der Waals surface area contributed by atoms with Crippen LogP contribution in [0.2, 0.25) is 0 Å². The van der Waals surface area contributed by atoms with Crippen LogP contribution in [0, 0.1) is 0 Å². The van der Waals surface area contributed by atoms with Crippen molar-refractivity contribution < 1.29 is 5.11 Å². The molecule has 1 saturated carbocycles. The lowest BCUT2D eigenvalue weighted by molar-refractivity contribution is 0.135. The summed E-state index contributed by atoms with van der Waals surface area (Å²) >= 11 is 3.57. The monoisotopic (exact) mass is 268 g/mol. The first-order valence-corrected chi connectivity index (χ1v) is 6.51. The molecule has 2 atom stereocenters. The van der Waals surface area contributed by atoms with Crippen LogP contribution in [-0.2, 0) is 0 Å². The predicted octanol–water partition coefficient (Wildman–Crippen LogP) is 3.86. The molecule has 2 heteroatoms. The lowest BCUT2D eigenvalue weighted by atomic mass is 9.89. The molecule has 0 spiro atoms. The normalized spacial score (nSPS) is 27.3. The summed E-state index contributed by atoms with van der Waals surface area (Å²) in [6.07, 6.45) is 5.57. The van der Waals surface area contributed by atoms with Gasteiger partial charge in [0.1, 0.15) is 0 Å². The molecule has 82 valence electrons. The molecule has 0 heterocycles. The first-order valence-electron chi connectivity index (χ1n) is 5.71. The van der Waals surface area contributed by atoms with Gasteiger partial charge in [-0.2, -0.15) is 0 Å². The Morgan fingerprint density at radius 2 is 1.80 bits per heavy atom. The quantitative estimate of drug-likeness (QED) is 0.767. The highest BCUT2D eigenvalue weighted by Crippen LogP contribution is 2.35. The minimum atomic E-state index is -0.161. The van der Waals surface area contributed by atoms with Crippen LogP contribution in [0.1, 0.15) is 43.6 Å². The molecule has 1 aromatic carbocycles. The summed E-state index contributed by atoms with van der Waals surface area (Å²) in [7, 11) is 0. The Bertz CT molecular complexity index is 324. The number of aliphatic hydroxyl groups is 1. The van der Waals surface area contributed by atoms with E-state index in [4.69, 9.17) is 0 Å². The number of hydrogen-bond donors (Lipinski definition) is 1. The molecule has 1 aliphatic carbocycles. The Labute approximate surface area is 99.6 Å². The maximum Gasteiger partial charge on any atom is 0.0609 e. The van der Waals surface area contributed by atoms with Gasteiger partial charge >= 0.3 is 0 Å². The fraction of sp³-hybridized carbons (Fsp3) is 0.538. The van der Waals surface area contributed by atoms with E-state index in [-0.39, 0.29) is 6.10 Å². The fourth-order valence-corrected chi connectivity index (χ4v) is 3.01. The van der Waals surface area contributed by atoms with Crippen LogP contribution >= 0.6 is 15.9 Å². The summed E-state index contributed by atoms with van der Waals surface area (Å²) < 4.78 is 1.14. The minimum absolute atomic E-state index is 0.161. The highest BCUT2D eigenvalue weighted by atomic mass is 79.9. The molecule has 2 rings (SSSR count). The summed E-state index contributed by atoms with van der Waals surface area (Å²) in [6, 6.07) is 8.27. The van der Waals surface area contributed by atoms with E-state index in [1.54, 1.807) is 0 Å². The highest BCUT2D eigenvalue weighted by molar-refractivity contribution is 9.10. The van der Waals surface area contributed by atoms with Gasteiger partial charge in [0.25, 0.3) is 0 Å². The van der Waals surface area contributed by atoms with Crippen molar-refractivity contribution in [3.63, 3.8) is 0 Å². The molecule has 1 aromatic rings. The van der Waals surface area contributed by atoms with Gasteiger partial charge in [0.15, 0.2) is 0 Å². The average molecular weight is 269 g/mol. The summed E-state index contributed by atoms with van der Waals surface area (Å²) in [4.78, 5) is 0. The topological polar surface area (TPSA) is 20.2 Å². The van der Waals surface area contributed by atoms with Gasteiger partial charge in [0, 0.05) is 10.4 Å². The number of hydrogen-bond acceptors (Lipinski definition) is 1. The Balaban J connectivity index is 2.24. The molecule has 1 nitrogen and oxygen atoms in total. The van der Waals surface area contributed by atoms with E-state index < -0.39 is 0 Å². The zero-order chi connectivity index (χ0) is 10.7. The van der Waals surface area contributed by atoms with E-state index >= 15 is 0 Å². The lowest BCUT2D eigenvalue weighted by Crippen LogP contribution is -2.17. The molecule has 0 aromatic heterocycles. The van der Waals surface area contributed by atoms with Crippen molar-refractivity contribution in [2.75, 3.05) is 0 Å². The van der Waals surface area contributed by atoms with Crippen molar-refractivity contribution in [1.29, 1.82) is 0 Å². The number of halogens is 1. The lowest BCUT2D eigenvalue weighted by Gasteiger charge is -2.21. The van der Waals surface area contributed by atoms with Crippen LogP contribution in [0.15, 0.2) is 28.7 Å². The minimum Gasteiger partial charge on any atom is -0.392 e. The first-order chi connectivity index (χ1) is 7.29. The van der Waals surface area contributed by atoms with E-state index in [1.165, 1.54) is 24.8 Å². The van der Waals surface area contributed by atoms with Crippen LogP contribution in [0.25, 0.3) is 0 Å². The van der Waals surface area contributed by atoms with E-state index in [0.717, 1.165) is 17.3 Å². The number of aliphatic hydroxyl groups excluding tert-OH is 1. The number of rotatable bonds is 1. The molecule has 0 amide bonds. The van der Waals surface area contributed by atoms with E-state index in [2.05, 4.69) is 34.1 Å². The van der Waals surface area contributed by atoms with Crippen LogP contribution < -0.4 is 0 Å². The van der Waals surface area contributed by atoms with Crippen LogP contribution in [0.5, 0.6) is 0 Å². The van der Waals surface area contributed by atoms with Gasteiger partial charge in [0.2, 0.25) is 0 Å². The third kappa shape index (κ3) is 2.61. The Hall–Kier alpha value is -0.340. The second-order valence-electron chi connectivity index (χ2n) is 4.33. The van der Waals surface area contributed by atoms with Gasteiger partial charge in [-0.05, 0) is 24.5 Å². The molecule has 1 N–H and O–H groups in total. The highest BCUT2D eigenvalue weighted by Gasteiger charge is 2.24. The van der Waals surface area contributed by atoms with E-state index in [1.807, 2.05) is 6.07 Å². The summed E-state index contributed by atoms with van der Waals surface area (Å²) in [6.45, 7) is 0. The molecule has 1 fully saturated rings. The largest absolute Gasteiger partial charge is 0.392 e. The molecule has 0 aliphatic heterocycles. The van der Waals surface area contributed by atoms with Crippen LogP contribution in [0.4, 0.5) is 0 Å². The molecule has 15 heavy (non-hydrogen) atoms. The molecule has 0 radical (unpaired) electrons. The van der Waals surface area contributed by atoms with Crippen molar-refractivity contribution in [2.45, 2.75) is 44.1 Å². The standard InChI is InChI=1S/C13H17BrO/c14-12-8-5-4-6-10(12)11-7-2-1-3-9-13(11)15/h4-6,8,11,13,15H,1-3,7,9H2. The van der Waals surface area contributed by atoms with Crippen molar-refractivity contribution in [3.05, 3.63) is 34.3 Å². The molecular formula is C13H17BrO. The maximum atomic E-state index is 10.1. The van der Waals surface area contributed by atoms with Gasteiger partial charge in [-0.25, -0.2) is 0 Å². The molecular weight excluding hydrogens is 252 g/mol. The van der Waals surface area contributed by atoms with Crippen molar-refractivity contribution >= 4 is 15.9 Å². The SMILES string of the molecule is OC1CCCCCC1c1ccccc1Br. The van der Waals surface area contributed by atoms with Gasteiger partial charge in [-0.3, -0.25) is 0 Å². The zero-order valence-corrected chi connectivity index (χ0v) is 10.4. The van der Waals surface area contributed by atoms with Gasteiger partial charge in [-0.15, -0.1) is 0 Å². The Kier molecular flexibility index (Phi) is 3.81. The predicted molar refractivity (Wildman–Crippen MR) is 66.0 cm³/mol. The van der Waals surface area contributed by atoms with Crippen molar-refractivity contribution in [3.8, 4) is 0 Å². The second-order valence-corrected chi connectivity index (χ2v) is 5.19. The van der Waals surface area contributed by atoms with Gasteiger partial charge in [0.05, 0.1) is 6.10 Å². The van der Waals surface area contributed by atoms with Crippen LogP contribution in [-0.4, -0.2) is 11.2 Å². The molecule has 0 saturated heterocycles. The molecule has 2 unspecified atom stereocenters. The molecule has 1 aliphatic rings. The second kappa shape index (κ2) is 5.13. The smallest absolute Gasteiger partial charge is 0.0609 e. The summed E-state index contributed by atoms with van der Waals surface area (Å²) in [5.74, 6) is 0.322. The maximum absolute atomic E-state index is 10.1. The first kappa shape index (κ1) is 11.2.